The molecule has 1 saturated heterocycles. The lowest BCUT2D eigenvalue weighted by atomic mass is 9.99. The summed E-state index contributed by atoms with van der Waals surface area (Å²) in [7, 11) is 0. The van der Waals surface area contributed by atoms with Crippen molar-refractivity contribution in [3.05, 3.63) is 36.5 Å². The molecule has 0 aliphatic carbocycles. The number of hydrogen-bond donors (Lipinski definition) is 6. The summed E-state index contributed by atoms with van der Waals surface area (Å²) in [6, 6.07) is -0.828. The Morgan fingerprint density at radius 2 is 0.695 bits per heavy atom. The molecule has 1 heterocycles. The zero-order valence-electron chi connectivity index (χ0n) is 54.3. The number of unbranched alkanes of at least 4 members (excludes halogenated alkanes) is 50. The number of aliphatic hydroxyl groups excluding tert-OH is 5. The molecule has 0 spiro atoms. The fourth-order valence-corrected chi connectivity index (χ4v) is 11.8. The molecule has 0 aromatic heterocycles. The van der Waals surface area contributed by atoms with E-state index in [2.05, 4.69) is 43.5 Å². The number of ether oxygens (including phenoxy) is 2. The van der Waals surface area contributed by atoms with E-state index in [1.165, 1.54) is 302 Å². The molecule has 0 aromatic carbocycles. The normalized spacial score (nSPS) is 18.5. The van der Waals surface area contributed by atoms with Gasteiger partial charge in [-0.15, -0.1) is 0 Å². The summed E-state index contributed by atoms with van der Waals surface area (Å²) in [4.78, 5) is 13.1. The van der Waals surface area contributed by atoms with Crippen LogP contribution in [-0.4, -0.2) is 87.5 Å². The highest BCUT2D eigenvalue weighted by atomic mass is 16.7. The molecule has 1 fully saturated rings. The first kappa shape index (κ1) is 78.4. The molecule has 1 aliphatic rings. The smallest absolute Gasteiger partial charge is 0.220 e. The minimum absolute atomic E-state index is 0.183. The van der Waals surface area contributed by atoms with Crippen molar-refractivity contribution in [2.24, 2.45) is 0 Å². The van der Waals surface area contributed by atoms with Crippen molar-refractivity contribution in [3.63, 3.8) is 0 Å². The van der Waals surface area contributed by atoms with Crippen LogP contribution in [0.1, 0.15) is 367 Å². The molecular formula is C73H139NO8. The second-order valence-corrected chi connectivity index (χ2v) is 25.4. The fraction of sp³-hybridized carbons (Fsp3) is 0.904. The number of amides is 1. The van der Waals surface area contributed by atoms with Crippen molar-refractivity contribution in [2.75, 3.05) is 13.2 Å². The molecule has 1 rings (SSSR count). The first-order valence-corrected chi connectivity index (χ1v) is 36.2. The number of hydrogen-bond acceptors (Lipinski definition) is 8. The zero-order chi connectivity index (χ0) is 59.3. The maximum atomic E-state index is 13.1. The van der Waals surface area contributed by atoms with Crippen LogP contribution in [0.2, 0.25) is 0 Å². The maximum absolute atomic E-state index is 13.1. The van der Waals surface area contributed by atoms with Gasteiger partial charge in [-0.25, -0.2) is 0 Å². The number of carbonyl (C=O) groups is 1. The monoisotopic (exact) mass is 1160 g/mol. The van der Waals surface area contributed by atoms with Gasteiger partial charge < -0.3 is 40.3 Å². The Hall–Kier alpha value is -1.59. The van der Waals surface area contributed by atoms with Crippen LogP contribution < -0.4 is 5.32 Å². The van der Waals surface area contributed by atoms with Crippen molar-refractivity contribution in [2.45, 2.75) is 410 Å². The molecule has 6 N–H and O–H groups in total. The first-order valence-electron chi connectivity index (χ1n) is 36.2. The predicted molar refractivity (Wildman–Crippen MR) is 350 cm³/mol. The summed E-state index contributed by atoms with van der Waals surface area (Å²) in [5.74, 6) is -0.183. The molecule has 7 unspecified atom stereocenters. The van der Waals surface area contributed by atoms with Crippen LogP contribution in [0.15, 0.2) is 36.5 Å². The number of nitrogens with one attached hydrogen (secondary N) is 1. The summed E-state index contributed by atoms with van der Waals surface area (Å²) >= 11 is 0. The van der Waals surface area contributed by atoms with E-state index < -0.39 is 49.5 Å². The predicted octanol–water partition coefficient (Wildman–Crippen LogP) is 19.8. The molecule has 1 amide bonds. The Kier molecular flexibility index (Phi) is 59.7. The van der Waals surface area contributed by atoms with Gasteiger partial charge in [0.2, 0.25) is 5.91 Å². The Labute approximate surface area is 508 Å². The molecule has 1 aliphatic heterocycles. The molecule has 484 valence electrons. The van der Waals surface area contributed by atoms with Crippen LogP contribution in [-0.2, 0) is 14.3 Å². The molecule has 82 heavy (non-hydrogen) atoms. The van der Waals surface area contributed by atoms with Crippen molar-refractivity contribution in [3.8, 4) is 0 Å². The summed E-state index contributed by atoms with van der Waals surface area (Å²) in [5, 5.41) is 54.7. The number of rotatable bonds is 64. The van der Waals surface area contributed by atoms with Crippen LogP contribution in [0.25, 0.3) is 0 Å². The molecule has 0 aromatic rings. The summed E-state index contributed by atoms with van der Waals surface area (Å²) in [6.07, 6.45) is 77.0. The van der Waals surface area contributed by atoms with Crippen LogP contribution >= 0.6 is 0 Å². The van der Waals surface area contributed by atoms with E-state index in [-0.39, 0.29) is 12.5 Å². The van der Waals surface area contributed by atoms with Gasteiger partial charge in [0.05, 0.1) is 25.4 Å². The molecule has 9 nitrogen and oxygen atoms in total. The van der Waals surface area contributed by atoms with E-state index in [1.807, 2.05) is 6.08 Å². The minimum Gasteiger partial charge on any atom is -0.394 e. The average Bonchev–Trinajstić information content (AvgIpc) is 3.59. The summed E-state index contributed by atoms with van der Waals surface area (Å²) in [5.41, 5.74) is 0. The first-order chi connectivity index (χ1) is 40.3. The second-order valence-electron chi connectivity index (χ2n) is 25.4. The van der Waals surface area contributed by atoms with Crippen molar-refractivity contribution < 1.29 is 39.8 Å². The van der Waals surface area contributed by atoms with Gasteiger partial charge in [0.15, 0.2) is 6.29 Å². The van der Waals surface area contributed by atoms with E-state index in [0.29, 0.717) is 6.42 Å². The van der Waals surface area contributed by atoms with Crippen LogP contribution in [0.5, 0.6) is 0 Å². The average molecular weight is 1160 g/mol. The standard InChI is InChI=1S/C73H139NO8/c1-3-5-7-9-11-13-15-17-19-21-23-25-27-29-31-32-33-34-35-37-39-41-43-45-47-49-51-53-55-57-59-61-63-69(77)74-66(65-81-73-72(80)71(79)70(78)68(64-75)82-73)67(76)62-60-58-56-54-52-50-48-46-44-42-40-38-36-30-28-26-24-22-20-18-16-14-12-10-8-6-4-2/h44,46,52,54,60,62,66-68,70-73,75-76,78-80H,3-43,45,47-51,53,55-59,61,63-65H2,1-2H3,(H,74,77)/b46-44+,54-52+,62-60+. The molecule has 9 heteroatoms. The third-order valence-electron chi connectivity index (χ3n) is 17.4. The largest absolute Gasteiger partial charge is 0.394 e. The van der Waals surface area contributed by atoms with Gasteiger partial charge in [0.25, 0.3) is 0 Å². The summed E-state index contributed by atoms with van der Waals surface area (Å²) in [6.45, 7) is 3.82. The highest BCUT2D eigenvalue weighted by molar-refractivity contribution is 5.76. The minimum atomic E-state index is -1.57. The molecule has 0 saturated carbocycles. The quantitative estimate of drug-likeness (QED) is 0.0261. The van der Waals surface area contributed by atoms with E-state index in [0.717, 1.165) is 44.9 Å². The molecule has 0 radical (unpaired) electrons. The third kappa shape index (κ3) is 50.6. The van der Waals surface area contributed by atoms with Crippen molar-refractivity contribution in [1.29, 1.82) is 0 Å². The fourth-order valence-electron chi connectivity index (χ4n) is 11.8. The molecular weight excluding hydrogens is 1020 g/mol. The van der Waals surface area contributed by atoms with Gasteiger partial charge in [0.1, 0.15) is 24.4 Å². The van der Waals surface area contributed by atoms with E-state index >= 15 is 0 Å². The van der Waals surface area contributed by atoms with E-state index in [9.17, 15) is 30.3 Å². The lowest BCUT2D eigenvalue weighted by Crippen LogP contribution is -2.60. The second kappa shape index (κ2) is 62.5. The third-order valence-corrected chi connectivity index (χ3v) is 17.4. The Morgan fingerprint density at radius 3 is 1.02 bits per heavy atom. The zero-order valence-corrected chi connectivity index (χ0v) is 54.3. The Morgan fingerprint density at radius 1 is 0.402 bits per heavy atom. The van der Waals surface area contributed by atoms with Crippen LogP contribution in [0.4, 0.5) is 0 Å². The highest BCUT2D eigenvalue weighted by Crippen LogP contribution is 2.24. The van der Waals surface area contributed by atoms with Gasteiger partial charge >= 0.3 is 0 Å². The van der Waals surface area contributed by atoms with Crippen LogP contribution in [0.3, 0.4) is 0 Å². The Bertz CT molecular complexity index is 1390. The lowest BCUT2D eigenvalue weighted by molar-refractivity contribution is -0.302. The lowest BCUT2D eigenvalue weighted by Gasteiger charge is -2.40. The van der Waals surface area contributed by atoms with Crippen molar-refractivity contribution in [1.82, 2.24) is 5.32 Å². The van der Waals surface area contributed by atoms with Gasteiger partial charge in [0, 0.05) is 6.42 Å². The van der Waals surface area contributed by atoms with E-state index in [1.54, 1.807) is 6.08 Å². The van der Waals surface area contributed by atoms with Gasteiger partial charge in [-0.3, -0.25) is 4.79 Å². The van der Waals surface area contributed by atoms with E-state index in [4.69, 9.17) is 9.47 Å². The van der Waals surface area contributed by atoms with Gasteiger partial charge in [-0.1, -0.05) is 352 Å². The number of carbonyl (C=O) groups excluding carboxylic acids is 1. The number of allylic oxidation sites excluding steroid dienone is 5. The van der Waals surface area contributed by atoms with Gasteiger partial charge in [-0.05, 0) is 44.9 Å². The van der Waals surface area contributed by atoms with Gasteiger partial charge in [-0.2, -0.15) is 0 Å². The molecule has 0 bridgehead atoms. The SMILES string of the molecule is CCCCCCCCCCCCCCCCCCC/C=C/CC/C=C/CC/C=C/C(O)C(COC1OC(CO)C(O)C(O)C1O)NC(=O)CCCCCCCCCCCCCCCCCCCCCCCCCCCCCCCCCC. The topological polar surface area (TPSA) is 149 Å². The highest BCUT2D eigenvalue weighted by Gasteiger charge is 2.44. The summed E-state index contributed by atoms with van der Waals surface area (Å²) < 4.78 is 11.3. The van der Waals surface area contributed by atoms with Crippen molar-refractivity contribution >= 4 is 5.91 Å². The maximum Gasteiger partial charge on any atom is 0.220 e. The number of aliphatic hydroxyl groups is 5. The van der Waals surface area contributed by atoms with Crippen LogP contribution in [0, 0.1) is 0 Å². The molecule has 7 atom stereocenters. The Balaban J connectivity index is 2.13.